The van der Waals surface area contributed by atoms with Crippen LogP contribution in [0.5, 0.6) is 0 Å². The molecule has 0 fully saturated rings. The summed E-state index contributed by atoms with van der Waals surface area (Å²) in [6, 6.07) is 11.0. The number of nitrogens with two attached hydrogens (primary N) is 3. The second-order valence-corrected chi connectivity index (χ2v) is 3.53. The fourth-order valence-corrected chi connectivity index (χ4v) is 1.53. The van der Waals surface area contributed by atoms with Crippen LogP contribution in [0, 0.1) is 0 Å². The average molecular weight is 300 g/mol. The molecule has 0 aliphatic heterocycles. The van der Waals surface area contributed by atoms with Gasteiger partial charge in [0.05, 0.1) is 17.1 Å². The van der Waals surface area contributed by atoms with Crippen molar-refractivity contribution in [3.8, 4) is 11.3 Å². The number of benzene rings is 1. The van der Waals surface area contributed by atoms with Crippen molar-refractivity contribution in [1.82, 2.24) is 4.98 Å². The first-order valence-electron chi connectivity index (χ1n) is 5.07. The van der Waals surface area contributed by atoms with Crippen LogP contribution < -0.4 is 17.2 Å². The summed E-state index contributed by atoms with van der Waals surface area (Å²) in [5.41, 5.74) is 19.4. The van der Waals surface area contributed by atoms with E-state index in [9.17, 15) is 0 Å². The van der Waals surface area contributed by atoms with Gasteiger partial charge in [-0.15, -0.1) is 24.8 Å². The molecule has 6 N–H and O–H groups in total. The largest absolute Gasteiger partial charge is 0.397 e. The van der Waals surface area contributed by atoms with E-state index in [1.807, 2.05) is 24.3 Å². The Balaban J connectivity index is 0.00000162. The van der Waals surface area contributed by atoms with Crippen LogP contribution in [-0.2, 0) is 0 Å². The van der Waals surface area contributed by atoms with Crippen molar-refractivity contribution >= 4 is 42.1 Å². The van der Waals surface area contributed by atoms with Crippen LogP contribution in [0.25, 0.3) is 11.3 Å². The van der Waals surface area contributed by atoms with Gasteiger partial charge in [0.15, 0.2) is 5.96 Å². The molecule has 0 unspecified atom stereocenters. The van der Waals surface area contributed by atoms with Crippen LogP contribution in [0.1, 0.15) is 0 Å². The van der Waals surface area contributed by atoms with Gasteiger partial charge in [-0.3, -0.25) is 4.98 Å². The minimum atomic E-state index is 0. The van der Waals surface area contributed by atoms with E-state index in [1.165, 1.54) is 0 Å². The van der Waals surface area contributed by atoms with Gasteiger partial charge >= 0.3 is 0 Å². The summed E-state index contributed by atoms with van der Waals surface area (Å²) in [6.07, 6.45) is 1.69. The Labute approximate surface area is 123 Å². The Kier molecular flexibility index (Phi) is 6.68. The lowest BCUT2D eigenvalue weighted by atomic mass is 10.1. The van der Waals surface area contributed by atoms with Gasteiger partial charge < -0.3 is 17.2 Å². The van der Waals surface area contributed by atoms with Gasteiger partial charge in [0.2, 0.25) is 0 Å². The maximum atomic E-state index is 5.86. The number of anilines is 1. The van der Waals surface area contributed by atoms with Crippen LogP contribution in [0.15, 0.2) is 47.6 Å². The molecule has 0 aliphatic carbocycles. The first kappa shape index (κ1) is 17.0. The molecule has 0 bridgehead atoms. The van der Waals surface area contributed by atoms with Crippen molar-refractivity contribution in [1.29, 1.82) is 0 Å². The molecule has 0 amide bonds. The number of aliphatic imine (C=N–C) groups is 1. The molecule has 1 aromatic heterocycles. The Morgan fingerprint density at radius 3 is 2.42 bits per heavy atom. The van der Waals surface area contributed by atoms with Gasteiger partial charge in [-0.2, -0.15) is 0 Å². The maximum Gasteiger partial charge on any atom is 0.191 e. The number of hydrogen-bond donors (Lipinski definition) is 3. The molecule has 1 heterocycles. The molecule has 2 rings (SSSR count). The third-order valence-electron chi connectivity index (χ3n) is 2.22. The van der Waals surface area contributed by atoms with Crippen LogP contribution in [0.3, 0.4) is 0 Å². The lowest BCUT2D eigenvalue weighted by Crippen LogP contribution is -2.21. The third kappa shape index (κ3) is 4.31. The van der Waals surface area contributed by atoms with Crippen LogP contribution in [0.4, 0.5) is 11.4 Å². The summed E-state index contributed by atoms with van der Waals surface area (Å²) in [5, 5.41) is 0. The van der Waals surface area contributed by atoms with Gasteiger partial charge in [0.25, 0.3) is 0 Å². The van der Waals surface area contributed by atoms with E-state index in [2.05, 4.69) is 9.98 Å². The number of rotatable bonds is 2. The van der Waals surface area contributed by atoms with Crippen molar-refractivity contribution in [3.05, 3.63) is 42.6 Å². The van der Waals surface area contributed by atoms with E-state index in [4.69, 9.17) is 17.2 Å². The highest BCUT2D eigenvalue weighted by Crippen LogP contribution is 2.26. The summed E-state index contributed by atoms with van der Waals surface area (Å²) < 4.78 is 0. The zero-order valence-corrected chi connectivity index (χ0v) is 11.6. The molecule has 0 atom stereocenters. The molecule has 1 aromatic carbocycles. The number of halogens is 2. The molecule has 2 aromatic rings. The minimum absolute atomic E-state index is 0. The monoisotopic (exact) mass is 299 g/mol. The smallest absolute Gasteiger partial charge is 0.191 e. The second-order valence-electron chi connectivity index (χ2n) is 3.53. The fourth-order valence-electron chi connectivity index (χ4n) is 1.53. The van der Waals surface area contributed by atoms with Crippen molar-refractivity contribution in [2.75, 3.05) is 5.73 Å². The molecule has 19 heavy (non-hydrogen) atoms. The van der Waals surface area contributed by atoms with E-state index in [0.717, 1.165) is 11.3 Å². The Hall–Kier alpha value is -1.98. The third-order valence-corrected chi connectivity index (χ3v) is 2.22. The summed E-state index contributed by atoms with van der Waals surface area (Å²) in [4.78, 5) is 8.21. The molecule has 0 spiro atoms. The standard InChI is InChI=1S/C12H13N5.2ClH/c13-10-5-2-6-16-11(10)8-3-1-4-9(7-8)17-12(14)15;;/h1-7H,13H2,(H4,14,15,17);2*1H. The molecule has 7 heteroatoms. The first-order valence-corrected chi connectivity index (χ1v) is 5.07. The van der Waals surface area contributed by atoms with Gasteiger partial charge in [-0.1, -0.05) is 12.1 Å². The van der Waals surface area contributed by atoms with E-state index in [0.29, 0.717) is 11.4 Å². The Morgan fingerprint density at radius 1 is 1.05 bits per heavy atom. The number of hydrogen-bond acceptors (Lipinski definition) is 3. The second kappa shape index (κ2) is 7.45. The van der Waals surface area contributed by atoms with Crippen molar-refractivity contribution < 1.29 is 0 Å². The molecule has 0 radical (unpaired) electrons. The van der Waals surface area contributed by atoms with Gasteiger partial charge in [0, 0.05) is 11.8 Å². The summed E-state index contributed by atoms with van der Waals surface area (Å²) in [7, 11) is 0. The quantitative estimate of drug-likeness (QED) is 0.583. The van der Waals surface area contributed by atoms with Crippen LogP contribution in [-0.4, -0.2) is 10.9 Å². The van der Waals surface area contributed by atoms with Crippen molar-refractivity contribution in [3.63, 3.8) is 0 Å². The highest BCUT2D eigenvalue weighted by molar-refractivity contribution is 5.85. The average Bonchev–Trinajstić information content (AvgIpc) is 2.29. The number of nitrogen functional groups attached to an aromatic ring is 1. The number of pyridine rings is 1. The van der Waals surface area contributed by atoms with Gasteiger partial charge in [0.1, 0.15) is 0 Å². The Morgan fingerprint density at radius 2 is 1.79 bits per heavy atom. The van der Waals surface area contributed by atoms with Crippen LogP contribution >= 0.6 is 24.8 Å². The minimum Gasteiger partial charge on any atom is -0.397 e. The van der Waals surface area contributed by atoms with Gasteiger partial charge in [-0.25, -0.2) is 4.99 Å². The predicted molar refractivity (Wildman–Crippen MR) is 84.1 cm³/mol. The molecule has 0 saturated heterocycles. The van der Waals surface area contributed by atoms with E-state index in [-0.39, 0.29) is 30.8 Å². The Bertz CT molecular complexity index is 568. The van der Waals surface area contributed by atoms with Crippen molar-refractivity contribution in [2.24, 2.45) is 16.5 Å². The number of nitrogens with zero attached hydrogens (tertiary/aromatic N) is 2. The highest BCUT2D eigenvalue weighted by atomic mass is 35.5. The summed E-state index contributed by atoms with van der Waals surface area (Å²) in [5.74, 6) is 0.0242. The topological polar surface area (TPSA) is 103 Å². The first-order chi connectivity index (χ1) is 8.16. The number of aromatic nitrogens is 1. The number of guanidine groups is 1. The fraction of sp³-hybridized carbons (Fsp3) is 0. The van der Waals surface area contributed by atoms with E-state index >= 15 is 0 Å². The zero-order valence-electron chi connectivity index (χ0n) is 9.98. The van der Waals surface area contributed by atoms with E-state index < -0.39 is 0 Å². The van der Waals surface area contributed by atoms with E-state index in [1.54, 1.807) is 18.3 Å². The molecule has 5 nitrogen and oxygen atoms in total. The van der Waals surface area contributed by atoms with Crippen LogP contribution in [0.2, 0.25) is 0 Å². The molecule has 0 saturated carbocycles. The zero-order chi connectivity index (χ0) is 12.3. The lowest BCUT2D eigenvalue weighted by Gasteiger charge is -2.04. The summed E-state index contributed by atoms with van der Waals surface area (Å²) in [6.45, 7) is 0. The molecule has 0 aliphatic rings. The SMILES string of the molecule is Cl.Cl.NC(N)=Nc1cccc(-c2ncccc2N)c1. The molecular formula is C12H15Cl2N5. The predicted octanol–water partition coefficient (Wildman–Crippen LogP) is 2.08. The molecular weight excluding hydrogens is 285 g/mol. The lowest BCUT2D eigenvalue weighted by molar-refractivity contribution is 1.32. The summed E-state index contributed by atoms with van der Waals surface area (Å²) >= 11 is 0. The van der Waals surface area contributed by atoms with Gasteiger partial charge in [-0.05, 0) is 24.3 Å². The highest BCUT2D eigenvalue weighted by Gasteiger charge is 2.03. The maximum absolute atomic E-state index is 5.86. The van der Waals surface area contributed by atoms with Crippen molar-refractivity contribution in [2.45, 2.75) is 0 Å². The molecule has 102 valence electrons. The normalized spacial score (nSPS) is 8.84.